The Balaban J connectivity index is 1.63. The minimum Gasteiger partial charge on any atom is -0.497 e. The van der Waals surface area contributed by atoms with Crippen molar-refractivity contribution in [3.63, 3.8) is 0 Å². The summed E-state index contributed by atoms with van der Waals surface area (Å²) in [4.78, 5) is 26.7. The monoisotopic (exact) mass is 432 g/mol. The van der Waals surface area contributed by atoms with E-state index in [1.54, 1.807) is 35.6 Å². The number of benzene rings is 2. The molecule has 0 saturated heterocycles. The summed E-state index contributed by atoms with van der Waals surface area (Å²) in [6, 6.07) is 14.1. The molecule has 0 saturated carbocycles. The number of hydrogen-bond acceptors (Lipinski definition) is 7. The summed E-state index contributed by atoms with van der Waals surface area (Å²) >= 11 is 1.58. The molecule has 2 aromatic heterocycles. The van der Waals surface area contributed by atoms with E-state index in [9.17, 15) is 14.8 Å². The highest BCUT2D eigenvalue weighted by Crippen LogP contribution is 2.36. The number of fused-ring (bicyclic) bond motifs is 2. The van der Waals surface area contributed by atoms with Gasteiger partial charge in [0, 0.05) is 23.1 Å². The molecule has 31 heavy (non-hydrogen) atoms. The fraction of sp³-hybridized carbons (Fsp3) is 0.0870. The van der Waals surface area contributed by atoms with Gasteiger partial charge in [0.25, 0.3) is 5.91 Å². The number of hydrogen-bond donors (Lipinski definition) is 1. The standard InChI is InChI=1S/C23H16N2O5S/c1-29-16-3-5-17-15(9-21(26)30-20(17)10-16)11-25-19-8-13(14-6-7-31-12-14)2-4-18(19)22(24-28)23(25)27/h2-10,12,28H,11H2,1H3/b24-22+. The average Bonchev–Trinajstić information content (AvgIpc) is 3.40. The van der Waals surface area contributed by atoms with E-state index >= 15 is 0 Å². The molecule has 1 aliphatic rings. The van der Waals surface area contributed by atoms with Crippen molar-refractivity contribution in [3.8, 4) is 16.9 Å². The molecule has 2 aromatic carbocycles. The third-order valence-corrected chi connectivity index (χ3v) is 5.99. The molecular weight excluding hydrogens is 416 g/mol. The van der Waals surface area contributed by atoms with Crippen LogP contribution in [0.2, 0.25) is 0 Å². The molecule has 3 heterocycles. The Kier molecular flexibility index (Phi) is 4.56. The van der Waals surface area contributed by atoms with Gasteiger partial charge in [-0.05, 0) is 57.8 Å². The number of anilines is 1. The molecule has 0 radical (unpaired) electrons. The van der Waals surface area contributed by atoms with Crippen LogP contribution < -0.4 is 15.3 Å². The lowest BCUT2D eigenvalue weighted by molar-refractivity contribution is -0.112. The number of ether oxygens (including phenoxy) is 1. The molecular formula is C23H16N2O5S. The van der Waals surface area contributed by atoms with Gasteiger partial charge >= 0.3 is 5.63 Å². The number of nitrogens with zero attached hydrogens (tertiary/aromatic N) is 2. The van der Waals surface area contributed by atoms with Crippen LogP contribution in [0.4, 0.5) is 5.69 Å². The maximum absolute atomic E-state index is 13.0. The van der Waals surface area contributed by atoms with Crippen molar-refractivity contribution in [2.24, 2.45) is 5.16 Å². The lowest BCUT2D eigenvalue weighted by atomic mass is 10.0. The fourth-order valence-electron chi connectivity index (χ4n) is 3.81. The second kappa shape index (κ2) is 7.41. The smallest absolute Gasteiger partial charge is 0.336 e. The lowest BCUT2D eigenvalue weighted by Gasteiger charge is -2.18. The Hall–Kier alpha value is -3.91. The van der Waals surface area contributed by atoms with Gasteiger partial charge in [-0.3, -0.25) is 4.79 Å². The van der Waals surface area contributed by atoms with Gasteiger partial charge < -0.3 is 19.3 Å². The van der Waals surface area contributed by atoms with E-state index in [0.29, 0.717) is 33.5 Å². The van der Waals surface area contributed by atoms with Gasteiger partial charge in [-0.25, -0.2) is 4.79 Å². The first-order valence-corrected chi connectivity index (χ1v) is 10.3. The molecule has 4 aromatic rings. The molecule has 0 unspecified atom stereocenters. The van der Waals surface area contributed by atoms with Crippen LogP contribution in [0.15, 0.2) is 73.7 Å². The van der Waals surface area contributed by atoms with Crippen LogP contribution in [0.3, 0.4) is 0 Å². The fourth-order valence-corrected chi connectivity index (χ4v) is 4.47. The molecule has 0 atom stereocenters. The van der Waals surface area contributed by atoms with Crippen LogP contribution in [-0.4, -0.2) is 23.9 Å². The van der Waals surface area contributed by atoms with Gasteiger partial charge in [-0.2, -0.15) is 11.3 Å². The van der Waals surface area contributed by atoms with E-state index in [1.807, 2.05) is 29.0 Å². The Morgan fingerprint density at radius 3 is 2.71 bits per heavy atom. The first-order valence-electron chi connectivity index (χ1n) is 9.40. The topological polar surface area (TPSA) is 92.3 Å². The quantitative estimate of drug-likeness (QED) is 0.296. The normalized spacial score (nSPS) is 14.4. The summed E-state index contributed by atoms with van der Waals surface area (Å²) in [7, 11) is 1.53. The average molecular weight is 432 g/mol. The van der Waals surface area contributed by atoms with E-state index in [-0.39, 0.29) is 12.3 Å². The summed E-state index contributed by atoms with van der Waals surface area (Å²) < 4.78 is 10.5. The van der Waals surface area contributed by atoms with Gasteiger partial charge in [-0.15, -0.1) is 0 Å². The van der Waals surface area contributed by atoms with E-state index in [2.05, 4.69) is 5.16 Å². The van der Waals surface area contributed by atoms with Crippen LogP contribution in [0.5, 0.6) is 5.75 Å². The molecule has 5 rings (SSSR count). The zero-order chi connectivity index (χ0) is 21.5. The molecule has 154 valence electrons. The SMILES string of the molecule is COc1ccc2c(CN3C(=O)/C(=N/O)c4ccc(-c5ccsc5)cc43)cc(=O)oc2c1. The van der Waals surface area contributed by atoms with E-state index in [1.165, 1.54) is 18.1 Å². The van der Waals surface area contributed by atoms with Crippen LogP contribution in [-0.2, 0) is 11.3 Å². The maximum Gasteiger partial charge on any atom is 0.336 e. The Morgan fingerprint density at radius 1 is 1.10 bits per heavy atom. The highest BCUT2D eigenvalue weighted by atomic mass is 32.1. The summed E-state index contributed by atoms with van der Waals surface area (Å²) in [6.45, 7) is 0.117. The van der Waals surface area contributed by atoms with Crippen molar-refractivity contribution < 1.29 is 19.2 Å². The molecule has 8 heteroatoms. The van der Waals surface area contributed by atoms with E-state index in [4.69, 9.17) is 9.15 Å². The van der Waals surface area contributed by atoms with Crippen molar-refractivity contribution in [2.75, 3.05) is 12.0 Å². The molecule has 1 amide bonds. The van der Waals surface area contributed by atoms with Crippen LogP contribution in [0.25, 0.3) is 22.1 Å². The second-order valence-electron chi connectivity index (χ2n) is 7.04. The number of thiophene rings is 1. The minimum atomic E-state index is -0.523. The summed E-state index contributed by atoms with van der Waals surface area (Å²) in [5.41, 5.74) is 3.58. The number of carbonyl (C=O) groups is 1. The highest BCUT2D eigenvalue weighted by molar-refractivity contribution is 7.08. The summed E-state index contributed by atoms with van der Waals surface area (Å²) in [5, 5.41) is 17.4. The predicted molar refractivity (Wildman–Crippen MR) is 118 cm³/mol. The van der Waals surface area contributed by atoms with Crippen LogP contribution in [0.1, 0.15) is 11.1 Å². The zero-order valence-corrected chi connectivity index (χ0v) is 17.2. The van der Waals surface area contributed by atoms with Crippen molar-refractivity contribution in [2.45, 2.75) is 6.54 Å². The maximum atomic E-state index is 13.0. The largest absolute Gasteiger partial charge is 0.497 e. The van der Waals surface area contributed by atoms with Crippen LogP contribution in [0, 0.1) is 0 Å². The van der Waals surface area contributed by atoms with Gasteiger partial charge in [-0.1, -0.05) is 11.2 Å². The van der Waals surface area contributed by atoms with Crippen molar-refractivity contribution in [1.82, 2.24) is 0 Å². The van der Waals surface area contributed by atoms with Gasteiger partial charge in [0.15, 0.2) is 5.71 Å². The first kappa shape index (κ1) is 19.1. The Bertz CT molecular complexity index is 1410. The van der Waals surface area contributed by atoms with Crippen LogP contribution >= 0.6 is 11.3 Å². The highest BCUT2D eigenvalue weighted by Gasteiger charge is 2.35. The number of oxime groups is 1. The summed E-state index contributed by atoms with van der Waals surface area (Å²) in [5.74, 6) is 0.125. The number of amides is 1. The van der Waals surface area contributed by atoms with E-state index in [0.717, 1.165) is 11.1 Å². The molecule has 1 N–H and O–H groups in total. The van der Waals surface area contributed by atoms with E-state index < -0.39 is 11.5 Å². The summed E-state index contributed by atoms with van der Waals surface area (Å²) in [6.07, 6.45) is 0. The molecule has 0 aliphatic carbocycles. The molecule has 1 aliphatic heterocycles. The van der Waals surface area contributed by atoms with Crippen molar-refractivity contribution in [1.29, 1.82) is 0 Å². The lowest BCUT2D eigenvalue weighted by Crippen LogP contribution is -2.30. The molecule has 7 nitrogen and oxygen atoms in total. The number of carbonyl (C=O) groups excluding carboxylic acids is 1. The minimum absolute atomic E-state index is 0.0270. The third kappa shape index (κ3) is 3.17. The second-order valence-corrected chi connectivity index (χ2v) is 7.82. The first-order chi connectivity index (χ1) is 15.1. The molecule has 0 bridgehead atoms. The number of rotatable bonds is 4. The Labute approximate surface area is 180 Å². The van der Waals surface area contributed by atoms with Crippen molar-refractivity contribution >= 4 is 39.6 Å². The predicted octanol–water partition coefficient (Wildman–Crippen LogP) is 4.26. The zero-order valence-electron chi connectivity index (χ0n) is 16.4. The van der Waals surface area contributed by atoms with Gasteiger partial charge in [0.1, 0.15) is 11.3 Å². The van der Waals surface area contributed by atoms with Gasteiger partial charge in [0.2, 0.25) is 0 Å². The van der Waals surface area contributed by atoms with Gasteiger partial charge in [0.05, 0.1) is 19.3 Å². The van der Waals surface area contributed by atoms with Crippen molar-refractivity contribution in [3.05, 3.63) is 80.8 Å². The Morgan fingerprint density at radius 2 is 1.97 bits per heavy atom. The molecule has 0 fully saturated rings. The molecule has 0 spiro atoms. The number of methoxy groups -OCH3 is 1. The third-order valence-electron chi connectivity index (χ3n) is 5.31.